The second-order valence-electron chi connectivity index (χ2n) is 5.12. The van der Waals surface area contributed by atoms with Crippen molar-refractivity contribution in [2.75, 3.05) is 7.11 Å². The molecule has 0 atom stereocenters. The SMILES string of the molecule is COc1cc(CO)ccc1Oc1nc(C)cc(C(C)C)n1. The van der Waals surface area contributed by atoms with Crippen molar-refractivity contribution in [2.45, 2.75) is 33.3 Å². The van der Waals surface area contributed by atoms with Crippen LogP contribution in [0.2, 0.25) is 0 Å². The Morgan fingerprint density at radius 2 is 1.90 bits per heavy atom. The van der Waals surface area contributed by atoms with Crippen molar-refractivity contribution in [3.8, 4) is 17.5 Å². The van der Waals surface area contributed by atoms with Gasteiger partial charge in [0.2, 0.25) is 0 Å². The number of ether oxygens (including phenoxy) is 2. The fourth-order valence-electron chi connectivity index (χ4n) is 1.90. The third-order valence-electron chi connectivity index (χ3n) is 3.06. The van der Waals surface area contributed by atoms with Gasteiger partial charge in [0.25, 0.3) is 0 Å². The molecule has 0 fully saturated rings. The molecule has 0 bridgehead atoms. The first kappa shape index (κ1) is 15.3. The molecule has 21 heavy (non-hydrogen) atoms. The van der Waals surface area contributed by atoms with E-state index < -0.39 is 0 Å². The Kier molecular flexibility index (Phi) is 4.75. The van der Waals surface area contributed by atoms with E-state index in [1.54, 1.807) is 25.3 Å². The van der Waals surface area contributed by atoms with Crippen molar-refractivity contribution in [3.63, 3.8) is 0 Å². The average molecular weight is 288 g/mol. The normalized spacial score (nSPS) is 10.8. The van der Waals surface area contributed by atoms with E-state index >= 15 is 0 Å². The van der Waals surface area contributed by atoms with Crippen molar-refractivity contribution in [2.24, 2.45) is 0 Å². The van der Waals surface area contributed by atoms with Crippen LogP contribution in [0.1, 0.15) is 36.7 Å². The molecule has 1 N–H and O–H groups in total. The number of aryl methyl sites for hydroxylation is 1. The molecular weight excluding hydrogens is 268 g/mol. The van der Waals surface area contributed by atoms with Gasteiger partial charge in [-0.3, -0.25) is 0 Å². The number of hydrogen-bond donors (Lipinski definition) is 1. The zero-order valence-electron chi connectivity index (χ0n) is 12.8. The van der Waals surface area contributed by atoms with Crippen LogP contribution in [0.5, 0.6) is 17.5 Å². The van der Waals surface area contributed by atoms with E-state index in [-0.39, 0.29) is 6.61 Å². The fourth-order valence-corrected chi connectivity index (χ4v) is 1.90. The largest absolute Gasteiger partial charge is 0.493 e. The predicted octanol–water partition coefficient (Wildman–Crippen LogP) is 3.20. The minimum Gasteiger partial charge on any atom is -0.493 e. The molecular formula is C16H20N2O3. The number of aromatic nitrogens is 2. The minimum atomic E-state index is -0.0465. The van der Waals surface area contributed by atoms with Gasteiger partial charge in [0.05, 0.1) is 19.4 Å². The maximum Gasteiger partial charge on any atom is 0.322 e. The molecule has 1 aromatic carbocycles. The van der Waals surface area contributed by atoms with Crippen molar-refractivity contribution < 1.29 is 14.6 Å². The highest BCUT2D eigenvalue weighted by Crippen LogP contribution is 2.31. The van der Waals surface area contributed by atoms with Crippen molar-refractivity contribution in [1.82, 2.24) is 9.97 Å². The number of aliphatic hydroxyl groups excluding tert-OH is 1. The number of nitrogens with zero attached hydrogens (tertiary/aromatic N) is 2. The second-order valence-corrected chi connectivity index (χ2v) is 5.12. The molecule has 1 heterocycles. The van der Waals surface area contributed by atoms with Crippen LogP contribution in [-0.2, 0) is 6.61 Å². The third kappa shape index (κ3) is 3.70. The molecule has 0 aliphatic carbocycles. The molecule has 2 aromatic rings. The van der Waals surface area contributed by atoms with E-state index in [0.717, 1.165) is 17.0 Å². The summed E-state index contributed by atoms with van der Waals surface area (Å²) in [5.41, 5.74) is 2.55. The van der Waals surface area contributed by atoms with Gasteiger partial charge in [-0.15, -0.1) is 0 Å². The highest BCUT2D eigenvalue weighted by atomic mass is 16.5. The Balaban J connectivity index is 2.33. The van der Waals surface area contributed by atoms with Gasteiger partial charge >= 0.3 is 6.01 Å². The topological polar surface area (TPSA) is 64.5 Å². The van der Waals surface area contributed by atoms with Crippen LogP contribution in [0, 0.1) is 6.92 Å². The maximum absolute atomic E-state index is 9.15. The Morgan fingerprint density at radius 1 is 1.14 bits per heavy atom. The molecule has 0 unspecified atom stereocenters. The Labute approximate surface area is 124 Å². The van der Waals surface area contributed by atoms with Gasteiger partial charge in [-0.2, -0.15) is 4.98 Å². The van der Waals surface area contributed by atoms with Crippen LogP contribution < -0.4 is 9.47 Å². The van der Waals surface area contributed by atoms with Gasteiger partial charge in [-0.05, 0) is 36.6 Å². The lowest BCUT2D eigenvalue weighted by Gasteiger charge is -2.12. The van der Waals surface area contributed by atoms with Crippen molar-refractivity contribution in [3.05, 3.63) is 41.2 Å². The number of rotatable bonds is 5. The van der Waals surface area contributed by atoms with E-state index in [0.29, 0.717) is 23.4 Å². The van der Waals surface area contributed by atoms with E-state index in [1.807, 2.05) is 13.0 Å². The van der Waals surface area contributed by atoms with Crippen LogP contribution in [0.15, 0.2) is 24.3 Å². The van der Waals surface area contributed by atoms with Crippen LogP contribution in [0.4, 0.5) is 0 Å². The summed E-state index contributed by atoms with van der Waals surface area (Å²) in [5.74, 6) is 1.36. The van der Waals surface area contributed by atoms with E-state index in [2.05, 4.69) is 23.8 Å². The Hall–Kier alpha value is -2.14. The monoisotopic (exact) mass is 288 g/mol. The Bertz CT molecular complexity index is 627. The molecule has 0 saturated heterocycles. The first-order valence-corrected chi connectivity index (χ1v) is 6.84. The summed E-state index contributed by atoms with van der Waals surface area (Å²) < 4.78 is 11.0. The van der Waals surface area contributed by atoms with Crippen LogP contribution in [-0.4, -0.2) is 22.2 Å². The molecule has 5 nitrogen and oxygen atoms in total. The van der Waals surface area contributed by atoms with Crippen LogP contribution in [0.25, 0.3) is 0 Å². The smallest absolute Gasteiger partial charge is 0.322 e. The summed E-state index contributed by atoms with van der Waals surface area (Å²) in [6.45, 7) is 6.01. The van der Waals surface area contributed by atoms with Gasteiger partial charge in [0.15, 0.2) is 11.5 Å². The van der Waals surface area contributed by atoms with Gasteiger partial charge in [-0.1, -0.05) is 19.9 Å². The summed E-state index contributed by atoms with van der Waals surface area (Å²) in [5, 5.41) is 9.15. The Morgan fingerprint density at radius 3 is 2.52 bits per heavy atom. The van der Waals surface area contributed by atoms with Crippen molar-refractivity contribution in [1.29, 1.82) is 0 Å². The number of benzene rings is 1. The van der Waals surface area contributed by atoms with E-state index in [1.165, 1.54) is 0 Å². The molecule has 0 spiro atoms. The molecule has 112 valence electrons. The average Bonchev–Trinajstić information content (AvgIpc) is 2.47. The van der Waals surface area contributed by atoms with E-state index in [4.69, 9.17) is 14.6 Å². The van der Waals surface area contributed by atoms with Gasteiger partial charge in [0.1, 0.15) is 0 Å². The molecule has 0 aliphatic heterocycles. The van der Waals surface area contributed by atoms with Crippen LogP contribution >= 0.6 is 0 Å². The number of hydrogen-bond acceptors (Lipinski definition) is 5. The highest BCUT2D eigenvalue weighted by Gasteiger charge is 2.11. The van der Waals surface area contributed by atoms with Gasteiger partial charge in [-0.25, -0.2) is 4.98 Å². The van der Waals surface area contributed by atoms with Crippen LogP contribution in [0.3, 0.4) is 0 Å². The minimum absolute atomic E-state index is 0.0465. The predicted molar refractivity (Wildman–Crippen MR) is 79.8 cm³/mol. The van der Waals surface area contributed by atoms with Crippen molar-refractivity contribution >= 4 is 0 Å². The lowest BCUT2D eigenvalue weighted by Crippen LogP contribution is -2.01. The molecule has 5 heteroatoms. The molecule has 0 radical (unpaired) electrons. The zero-order chi connectivity index (χ0) is 15.4. The van der Waals surface area contributed by atoms with Gasteiger partial charge < -0.3 is 14.6 Å². The molecule has 2 rings (SSSR count). The number of methoxy groups -OCH3 is 1. The summed E-state index contributed by atoms with van der Waals surface area (Å²) in [4.78, 5) is 8.70. The summed E-state index contributed by atoms with van der Waals surface area (Å²) >= 11 is 0. The second kappa shape index (κ2) is 6.54. The maximum atomic E-state index is 9.15. The highest BCUT2D eigenvalue weighted by molar-refractivity contribution is 5.44. The molecule has 0 aliphatic rings. The lowest BCUT2D eigenvalue weighted by molar-refractivity contribution is 0.280. The first-order chi connectivity index (χ1) is 10.0. The first-order valence-electron chi connectivity index (χ1n) is 6.84. The zero-order valence-corrected chi connectivity index (χ0v) is 12.8. The fraction of sp³-hybridized carbons (Fsp3) is 0.375. The number of aliphatic hydroxyl groups is 1. The summed E-state index contributed by atoms with van der Waals surface area (Å²) in [7, 11) is 1.56. The summed E-state index contributed by atoms with van der Waals surface area (Å²) in [6.07, 6.45) is 0. The molecule has 0 amide bonds. The lowest BCUT2D eigenvalue weighted by atomic mass is 10.1. The standard InChI is InChI=1S/C16H20N2O3/c1-10(2)13-7-11(3)17-16(18-13)21-14-6-5-12(9-19)8-15(14)20-4/h5-8,10,19H,9H2,1-4H3. The molecule has 0 saturated carbocycles. The molecule has 1 aromatic heterocycles. The quantitative estimate of drug-likeness (QED) is 0.915. The van der Waals surface area contributed by atoms with E-state index in [9.17, 15) is 0 Å². The summed E-state index contributed by atoms with van der Waals surface area (Å²) in [6, 6.07) is 7.49. The third-order valence-corrected chi connectivity index (χ3v) is 3.06. The van der Waals surface area contributed by atoms with Gasteiger partial charge in [0, 0.05) is 5.69 Å².